The SMILES string of the molecule is O=c1c2ccccc2nc(-c2ccccc2)n1N=Cc1cc(I)c(Oc2ccc([N+](=O)[O-])cn2)c(I)c1. The first-order chi connectivity index (χ1) is 17.9. The molecule has 9 nitrogen and oxygen atoms in total. The number of aromatic nitrogens is 3. The minimum Gasteiger partial charge on any atom is -0.437 e. The predicted octanol–water partition coefficient (Wildman–Crippen LogP) is 6.25. The Hall–Kier alpha value is -3.72. The Morgan fingerprint density at radius 2 is 1.68 bits per heavy atom. The Labute approximate surface area is 237 Å². The van der Waals surface area contributed by atoms with Gasteiger partial charge in [-0.05, 0) is 75.0 Å². The van der Waals surface area contributed by atoms with Gasteiger partial charge in [-0.25, -0.2) is 9.97 Å². The molecule has 0 spiro atoms. The molecule has 11 heteroatoms. The highest BCUT2D eigenvalue weighted by atomic mass is 127. The highest BCUT2D eigenvalue weighted by molar-refractivity contribution is 14.1. The molecular weight excluding hydrogens is 700 g/mol. The van der Waals surface area contributed by atoms with Crippen LogP contribution in [0.5, 0.6) is 11.6 Å². The van der Waals surface area contributed by atoms with E-state index in [0.717, 1.165) is 24.5 Å². The molecule has 0 bridgehead atoms. The first kappa shape index (κ1) is 25.0. The van der Waals surface area contributed by atoms with Crippen LogP contribution in [0.4, 0.5) is 5.69 Å². The molecule has 0 saturated heterocycles. The fraction of sp³-hybridized carbons (Fsp3) is 0. The van der Waals surface area contributed by atoms with E-state index in [0.29, 0.717) is 22.5 Å². The van der Waals surface area contributed by atoms with Crippen LogP contribution in [0.25, 0.3) is 22.3 Å². The largest absolute Gasteiger partial charge is 0.437 e. The molecule has 3 aromatic carbocycles. The zero-order valence-corrected chi connectivity index (χ0v) is 23.1. The fourth-order valence-electron chi connectivity index (χ4n) is 3.53. The van der Waals surface area contributed by atoms with Gasteiger partial charge < -0.3 is 4.74 Å². The van der Waals surface area contributed by atoms with Gasteiger partial charge in [-0.15, -0.1) is 0 Å². The molecule has 0 fully saturated rings. The summed E-state index contributed by atoms with van der Waals surface area (Å²) in [6.07, 6.45) is 2.75. The lowest BCUT2D eigenvalue weighted by Crippen LogP contribution is -2.20. The molecule has 0 unspecified atom stereocenters. The van der Waals surface area contributed by atoms with E-state index < -0.39 is 4.92 Å². The van der Waals surface area contributed by atoms with E-state index in [2.05, 4.69) is 55.3 Å². The van der Waals surface area contributed by atoms with Gasteiger partial charge in [0.2, 0.25) is 5.88 Å². The Morgan fingerprint density at radius 1 is 0.973 bits per heavy atom. The molecular formula is C26H15I2N5O4. The van der Waals surface area contributed by atoms with Gasteiger partial charge in [0, 0.05) is 17.7 Å². The Kier molecular flexibility index (Phi) is 7.23. The standard InChI is InChI=1S/C26H15I2N5O4/c27-20-12-16(13-21(28)24(20)37-23-11-10-18(15-29-23)33(35)36)14-30-32-25(17-6-2-1-3-7-17)31-22-9-5-4-8-19(22)26(32)34/h1-15H. The lowest BCUT2D eigenvalue weighted by Gasteiger charge is -2.11. The van der Waals surface area contributed by atoms with Crippen molar-refractivity contribution in [3.63, 3.8) is 0 Å². The summed E-state index contributed by atoms with van der Waals surface area (Å²) in [5, 5.41) is 15.8. The molecule has 37 heavy (non-hydrogen) atoms. The molecule has 0 amide bonds. The molecule has 2 heterocycles. The third kappa shape index (κ3) is 5.36. The van der Waals surface area contributed by atoms with Crippen molar-refractivity contribution in [2.24, 2.45) is 5.10 Å². The van der Waals surface area contributed by atoms with Gasteiger partial charge in [0.05, 0.1) is 29.2 Å². The highest BCUT2D eigenvalue weighted by Crippen LogP contribution is 2.32. The van der Waals surface area contributed by atoms with Crippen molar-refractivity contribution in [3.05, 3.63) is 118 Å². The van der Waals surface area contributed by atoms with Gasteiger partial charge >= 0.3 is 0 Å². The van der Waals surface area contributed by atoms with Gasteiger partial charge in [0.1, 0.15) is 6.20 Å². The molecule has 182 valence electrons. The van der Waals surface area contributed by atoms with Gasteiger partial charge in [0.25, 0.3) is 11.2 Å². The number of benzene rings is 3. The van der Waals surface area contributed by atoms with Crippen molar-refractivity contribution >= 4 is 68.0 Å². The quantitative estimate of drug-likeness (QED) is 0.0890. The van der Waals surface area contributed by atoms with E-state index in [4.69, 9.17) is 9.72 Å². The van der Waals surface area contributed by atoms with Crippen LogP contribution in [0.1, 0.15) is 5.56 Å². The number of halogens is 2. The summed E-state index contributed by atoms with van der Waals surface area (Å²) in [7, 11) is 0. The number of nitrogens with zero attached hydrogens (tertiary/aromatic N) is 5. The summed E-state index contributed by atoms with van der Waals surface area (Å²) in [5.74, 6) is 1.24. The molecule has 0 aliphatic carbocycles. The first-order valence-electron chi connectivity index (χ1n) is 10.8. The number of ether oxygens (including phenoxy) is 1. The average molecular weight is 715 g/mol. The number of pyridine rings is 1. The molecule has 5 rings (SSSR count). The number of para-hydroxylation sites is 1. The van der Waals surface area contributed by atoms with Crippen LogP contribution >= 0.6 is 45.2 Å². The molecule has 0 radical (unpaired) electrons. The van der Waals surface area contributed by atoms with Crippen molar-refractivity contribution in [1.82, 2.24) is 14.6 Å². The second-order valence-corrected chi connectivity index (χ2v) is 10.0. The predicted molar refractivity (Wildman–Crippen MR) is 157 cm³/mol. The summed E-state index contributed by atoms with van der Waals surface area (Å²) < 4.78 is 8.74. The summed E-state index contributed by atoms with van der Waals surface area (Å²) in [4.78, 5) is 32.4. The van der Waals surface area contributed by atoms with Gasteiger partial charge in [-0.1, -0.05) is 42.5 Å². The number of hydrogen-bond acceptors (Lipinski definition) is 7. The van der Waals surface area contributed by atoms with Crippen LogP contribution in [0, 0.1) is 17.3 Å². The molecule has 0 saturated carbocycles. The maximum absolute atomic E-state index is 13.3. The minimum atomic E-state index is -0.516. The maximum Gasteiger partial charge on any atom is 0.287 e. The summed E-state index contributed by atoms with van der Waals surface area (Å²) in [5.41, 5.74) is 1.73. The lowest BCUT2D eigenvalue weighted by molar-refractivity contribution is -0.385. The van der Waals surface area contributed by atoms with Crippen molar-refractivity contribution < 1.29 is 9.66 Å². The monoisotopic (exact) mass is 715 g/mol. The highest BCUT2D eigenvalue weighted by Gasteiger charge is 2.14. The average Bonchev–Trinajstić information content (AvgIpc) is 2.91. The fourth-order valence-corrected chi connectivity index (χ4v) is 5.56. The third-order valence-corrected chi connectivity index (χ3v) is 6.87. The van der Waals surface area contributed by atoms with Crippen molar-refractivity contribution in [1.29, 1.82) is 0 Å². The Balaban J connectivity index is 1.51. The molecule has 5 aromatic rings. The van der Waals surface area contributed by atoms with Gasteiger partial charge in [-0.3, -0.25) is 14.9 Å². The van der Waals surface area contributed by atoms with Crippen molar-refractivity contribution in [3.8, 4) is 23.0 Å². The topological polar surface area (TPSA) is 113 Å². The van der Waals surface area contributed by atoms with Crippen LogP contribution < -0.4 is 10.3 Å². The van der Waals surface area contributed by atoms with E-state index in [1.165, 1.54) is 16.8 Å². The number of rotatable bonds is 6. The second kappa shape index (κ2) is 10.7. The van der Waals surface area contributed by atoms with Crippen molar-refractivity contribution in [2.45, 2.75) is 0 Å². The van der Waals surface area contributed by atoms with Crippen LogP contribution in [-0.2, 0) is 0 Å². The smallest absolute Gasteiger partial charge is 0.287 e. The van der Waals surface area contributed by atoms with E-state index >= 15 is 0 Å². The maximum atomic E-state index is 13.3. The summed E-state index contributed by atoms with van der Waals surface area (Å²) in [6.45, 7) is 0. The number of nitro groups is 1. The van der Waals surface area contributed by atoms with E-state index in [9.17, 15) is 14.9 Å². The Bertz CT molecular complexity index is 1700. The van der Waals surface area contributed by atoms with Crippen LogP contribution in [0.3, 0.4) is 0 Å². The zero-order chi connectivity index (χ0) is 25.9. The molecule has 0 atom stereocenters. The normalized spacial score (nSPS) is 11.2. The molecule has 0 N–H and O–H groups in total. The van der Waals surface area contributed by atoms with E-state index in [1.54, 1.807) is 24.4 Å². The minimum absolute atomic E-state index is 0.114. The first-order valence-corrected chi connectivity index (χ1v) is 13.0. The van der Waals surface area contributed by atoms with Crippen molar-refractivity contribution in [2.75, 3.05) is 0 Å². The second-order valence-electron chi connectivity index (χ2n) is 7.71. The molecule has 0 aliphatic rings. The van der Waals surface area contributed by atoms with Crippen LogP contribution in [-0.4, -0.2) is 25.8 Å². The number of fused-ring (bicyclic) bond motifs is 1. The van der Waals surface area contributed by atoms with Gasteiger partial charge in [-0.2, -0.15) is 9.78 Å². The summed E-state index contributed by atoms with van der Waals surface area (Å²) >= 11 is 4.27. The summed E-state index contributed by atoms with van der Waals surface area (Å²) in [6, 6.07) is 23.1. The lowest BCUT2D eigenvalue weighted by atomic mass is 10.2. The zero-order valence-electron chi connectivity index (χ0n) is 18.8. The number of hydrogen-bond donors (Lipinski definition) is 0. The van der Waals surface area contributed by atoms with E-state index in [-0.39, 0.29) is 17.1 Å². The van der Waals surface area contributed by atoms with Gasteiger partial charge in [0.15, 0.2) is 11.6 Å². The van der Waals surface area contributed by atoms with Crippen LogP contribution in [0.2, 0.25) is 0 Å². The Morgan fingerprint density at radius 3 is 2.35 bits per heavy atom. The molecule has 0 aliphatic heterocycles. The van der Waals surface area contributed by atoms with Crippen LogP contribution in [0.15, 0.2) is 95.0 Å². The molecule has 2 aromatic heterocycles. The third-order valence-electron chi connectivity index (χ3n) is 5.27. The van der Waals surface area contributed by atoms with E-state index in [1.807, 2.05) is 48.5 Å².